The molecule has 0 bridgehead atoms. The van der Waals surface area contributed by atoms with Crippen molar-refractivity contribution in [1.82, 2.24) is 9.88 Å². The van der Waals surface area contributed by atoms with Crippen molar-refractivity contribution in [2.45, 2.75) is 57.6 Å². The number of nitrogens with zero attached hydrogens (tertiary/aromatic N) is 2. The van der Waals surface area contributed by atoms with Crippen LogP contribution in [-0.2, 0) is 6.54 Å². The summed E-state index contributed by atoms with van der Waals surface area (Å²) in [6, 6.07) is 2.12. The summed E-state index contributed by atoms with van der Waals surface area (Å²) >= 11 is 0. The Bertz CT molecular complexity index is 395. The molecule has 1 aromatic heterocycles. The SMILES string of the molecule is c1cc(CN2CCCC2)c(OC2CCCCC2)cn1. The first kappa shape index (κ1) is 12.9. The maximum atomic E-state index is 6.21. The quantitative estimate of drug-likeness (QED) is 0.829. The summed E-state index contributed by atoms with van der Waals surface area (Å²) in [5.74, 6) is 1.02. The van der Waals surface area contributed by atoms with Crippen LogP contribution in [0.1, 0.15) is 50.5 Å². The fourth-order valence-corrected chi connectivity index (χ4v) is 3.19. The molecule has 0 amide bonds. The Labute approximate surface area is 116 Å². The maximum absolute atomic E-state index is 6.21. The molecular weight excluding hydrogens is 236 g/mol. The first-order chi connectivity index (χ1) is 9.42. The molecule has 2 heterocycles. The molecule has 1 saturated heterocycles. The van der Waals surface area contributed by atoms with Gasteiger partial charge in [-0.05, 0) is 57.7 Å². The Morgan fingerprint density at radius 1 is 1.11 bits per heavy atom. The van der Waals surface area contributed by atoms with Gasteiger partial charge in [-0.25, -0.2) is 0 Å². The van der Waals surface area contributed by atoms with Crippen LogP contribution in [0.25, 0.3) is 0 Å². The van der Waals surface area contributed by atoms with Crippen LogP contribution in [-0.4, -0.2) is 29.1 Å². The zero-order chi connectivity index (χ0) is 12.9. The Balaban J connectivity index is 1.65. The number of pyridine rings is 1. The van der Waals surface area contributed by atoms with E-state index in [4.69, 9.17) is 4.74 Å². The van der Waals surface area contributed by atoms with Gasteiger partial charge in [0.15, 0.2) is 0 Å². The molecule has 1 aromatic rings. The highest BCUT2D eigenvalue weighted by atomic mass is 16.5. The number of likely N-dealkylation sites (tertiary alicyclic amines) is 1. The van der Waals surface area contributed by atoms with E-state index in [9.17, 15) is 0 Å². The molecule has 3 rings (SSSR count). The van der Waals surface area contributed by atoms with Gasteiger partial charge in [0, 0.05) is 18.3 Å². The van der Waals surface area contributed by atoms with Crippen molar-refractivity contribution >= 4 is 0 Å². The minimum atomic E-state index is 0.412. The number of hydrogen-bond acceptors (Lipinski definition) is 3. The van der Waals surface area contributed by atoms with Crippen LogP contribution in [0.15, 0.2) is 18.5 Å². The number of aromatic nitrogens is 1. The summed E-state index contributed by atoms with van der Waals surface area (Å²) < 4.78 is 6.21. The van der Waals surface area contributed by atoms with E-state index in [1.807, 2.05) is 12.4 Å². The van der Waals surface area contributed by atoms with E-state index >= 15 is 0 Å². The molecule has 19 heavy (non-hydrogen) atoms. The predicted molar refractivity (Wildman–Crippen MR) is 76.2 cm³/mol. The lowest BCUT2D eigenvalue weighted by Gasteiger charge is -2.25. The van der Waals surface area contributed by atoms with Crippen LogP contribution in [0, 0.1) is 0 Å². The van der Waals surface area contributed by atoms with Crippen LogP contribution in [0.3, 0.4) is 0 Å². The van der Waals surface area contributed by atoms with Gasteiger partial charge in [0.1, 0.15) is 5.75 Å². The van der Waals surface area contributed by atoms with Crippen molar-refractivity contribution in [3.05, 3.63) is 24.0 Å². The van der Waals surface area contributed by atoms with E-state index in [2.05, 4.69) is 16.0 Å². The molecule has 1 aliphatic carbocycles. The lowest BCUT2D eigenvalue weighted by atomic mass is 9.98. The summed E-state index contributed by atoms with van der Waals surface area (Å²) in [5.41, 5.74) is 1.31. The average Bonchev–Trinajstić information content (AvgIpc) is 2.95. The van der Waals surface area contributed by atoms with Gasteiger partial charge in [-0.2, -0.15) is 0 Å². The summed E-state index contributed by atoms with van der Waals surface area (Å²) in [6.45, 7) is 3.47. The third-order valence-corrected chi connectivity index (χ3v) is 4.31. The topological polar surface area (TPSA) is 25.4 Å². The Hall–Kier alpha value is -1.09. The lowest BCUT2D eigenvalue weighted by molar-refractivity contribution is 0.151. The van der Waals surface area contributed by atoms with Gasteiger partial charge >= 0.3 is 0 Å². The van der Waals surface area contributed by atoms with Crippen LogP contribution >= 0.6 is 0 Å². The molecule has 104 valence electrons. The largest absolute Gasteiger partial charge is 0.488 e. The van der Waals surface area contributed by atoms with Crippen LogP contribution in [0.4, 0.5) is 0 Å². The van der Waals surface area contributed by atoms with Crippen molar-refractivity contribution < 1.29 is 4.74 Å². The zero-order valence-corrected chi connectivity index (χ0v) is 11.7. The third-order valence-electron chi connectivity index (χ3n) is 4.31. The molecule has 2 fully saturated rings. The molecule has 0 unspecified atom stereocenters. The molecule has 0 spiro atoms. The van der Waals surface area contributed by atoms with E-state index in [1.54, 1.807) is 0 Å². The molecule has 1 aliphatic heterocycles. The highest BCUT2D eigenvalue weighted by molar-refractivity contribution is 5.30. The van der Waals surface area contributed by atoms with Crippen molar-refractivity contribution in [2.24, 2.45) is 0 Å². The second kappa shape index (κ2) is 6.38. The molecule has 0 atom stereocenters. The van der Waals surface area contributed by atoms with Gasteiger partial charge in [-0.1, -0.05) is 6.42 Å². The van der Waals surface area contributed by atoms with Crippen LogP contribution < -0.4 is 4.74 Å². The summed E-state index contributed by atoms with van der Waals surface area (Å²) in [4.78, 5) is 6.76. The second-order valence-corrected chi connectivity index (χ2v) is 5.84. The van der Waals surface area contributed by atoms with Gasteiger partial charge in [-0.15, -0.1) is 0 Å². The monoisotopic (exact) mass is 260 g/mol. The van der Waals surface area contributed by atoms with Gasteiger partial charge < -0.3 is 4.74 Å². The molecule has 3 heteroatoms. The molecule has 1 saturated carbocycles. The van der Waals surface area contributed by atoms with E-state index in [0.29, 0.717) is 6.10 Å². The van der Waals surface area contributed by atoms with Crippen molar-refractivity contribution in [3.8, 4) is 5.75 Å². The normalized spacial score (nSPS) is 21.7. The second-order valence-electron chi connectivity index (χ2n) is 5.84. The third kappa shape index (κ3) is 3.47. The van der Waals surface area contributed by atoms with Gasteiger partial charge in [-0.3, -0.25) is 9.88 Å². The molecule has 3 nitrogen and oxygen atoms in total. The minimum absolute atomic E-state index is 0.412. The summed E-state index contributed by atoms with van der Waals surface area (Å²) in [5, 5.41) is 0. The fourth-order valence-electron chi connectivity index (χ4n) is 3.19. The Morgan fingerprint density at radius 3 is 2.68 bits per heavy atom. The van der Waals surface area contributed by atoms with Crippen molar-refractivity contribution in [3.63, 3.8) is 0 Å². The van der Waals surface area contributed by atoms with Crippen molar-refractivity contribution in [1.29, 1.82) is 0 Å². The molecule has 2 aliphatic rings. The van der Waals surface area contributed by atoms with E-state index in [1.165, 1.54) is 63.6 Å². The number of hydrogen-bond donors (Lipinski definition) is 0. The Kier molecular flexibility index (Phi) is 4.34. The summed E-state index contributed by atoms with van der Waals surface area (Å²) in [6.07, 6.45) is 13.3. The standard InChI is InChI=1S/C16H24N2O/c1-2-6-15(7-3-1)19-16-12-17-9-8-14(16)13-18-10-4-5-11-18/h8-9,12,15H,1-7,10-11,13H2. The van der Waals surface area contributed by atoms with Crippen LogP contribution in [0.5, 0.6) is 5.75 Å². The summed E-state index contributed by atoms with van der Waals surface area (Å²) in [7, 11) is 0. The van der Waals surface area contributed by atoms with E-state index < -0.39 is 0 Å². The number of ether oxygens (including phenoxy) is 1. The van der Waals surface area contributed by atoms with Crippen molar-refractivity contribution in [2.75, 3.05) is 13.1 Å². The first-order valence-electron chi connectivity index (χ1n) is 7.74. The average molecular weight is 260 g/mol. The zero-order valence-electron chi connectivity index (χ0n) is 11.7. The van der Waals surface area contributed by atoms with Crippen LogP contribution in [0.2, 0.25) is 0 Å². The highest BCUT2D eigenvalue weighted by Crippen LogP contribution is 2.26. The molecule has 0 N–H and O–H groups in total. The smallest absolute Gasteiger partial charge is 0.142 e. The van der Waals surface area contributed by atoms with Gasteiger partial charge in [0.05, 0.1) is 12.3 Å². The van der Waals surface area contributed by atoms with E-state index in [0.717, 1.165) is 12.3 Å². The minimum Gasteiger partial charge on any atom is -0.488 e. The first-order valence-corrected chi connectivity index (χ1v) is 7.74. The fraction of sp³-hybridized carbons (Fsp3) is 0.688. The molecule has 0 aromatic carbocycles. The lowest BCUT2D eigenvalue weighted by Crippen LogP contribution is -2.22. The molecule has 0 radical (unpaired) electrons. The number of rotatable bonds is 4. The highest BCUT2D eigenvalue weighted by Gasteiger charge is 2.18. The van der Waals surface area contributed by atoms with E-state index in [-0.39, 0.29) is 0 Å². The predicted octanol–water partition coefficient (Wildman–Crippen LogP) is 3.39. The van der Waals surface area contributed by atoms with Gasteiger partial charge in [0.25, 0.3) is 0 Å². The van der Waals surface area contributed by atoms with Gasteiger partial charge in [0.2, 0.25) is 0 Å². The molecular formula is C16H24N2O. The maximum Gasteiger partial charge on any atom is 0.142 e. The Morgan fingerprint density at radius 2 is 1.89 bits per heavy atom.